The Morgan fingerprint density at radius 2 is 1.75 bits per heavy atom. The standard InChI is InChI=1S/C24H20F3NO2.C2H6/c1-4-5-9-19-16(3)28(18-8-6-7-15(2)12-18)21-11-10-17(13-20(19)21)22(29)14-23(30)24(25,26)27;1-2/h4-13H,1,14H2,2-3H3;1-2H3/b9-5-;. The van der Waals surface area contributed by atoms with Gasteiger partial charge in [0.2, 0.25) is 5.78 Å². The predicted octanol–water partition coefficient (Wildman–Crippen LogP) is 7.18. The molecule has 0 aliphatic carbocycles. The van der Waals surface area contributed by atoms with E-state index in [9.17, 15) is 22.8 Å². The number of rotatable bonds is 6. The van der Waals surface area contributed by atoms with Gasteiger partial charge in [0.25, 0.3) is 0 Å². The summed E-state index contributed by atoms with van der Waals surface area (Å²) in [5, 5.41) is 0.706. The lowest BCUT2D eigenvalue weighted by Crippen LogP contribution is -2.25. The molecule has 0 aliphatic heterocycles. The molecule has 0 bridgehead atoms. The van der Waals surface area contributed by atoms with E-state index in [1.165, 1.54) is 6.07 Å². The van der Waals surface area contributed by atoms with E-state index in [1.807, 2.05) is 62.6 Å². The fourth-order valence-corrected chi connectivity index (χ4v) is 3.44. The van der Waals surface area contributed by atoms with Crippen molar-refractivity contribution in [2.24, 2.45) is 0 Å². The van der Waals surface area contributed by atoms with Crippen LogP contribution in [0.3, 0.4) is 0 Å². The SMILES string of the molecule is C=C/C=C\c1c(C)n(-c2cccc(C)c2)c2ccc(C(=O)CC(=O)C(F)(F)F)cc12.CC. The maximum absolute atomic E-state index is 12.5. The Morgan fingerprint density at radius 3 is 2.34 bits per heavy atom. The Bertz CT molecular complexity index is 1180. The van der Waals surface area contributed by atoms with E-state index in [0.717, 1.165) is 28.0 Å². The number of nitrogens with zero attached hydrogens (tertiary/aromatic N) is 1. The van der Waals surface area contributed by atoms with Gasteiger partial charge in [-0.3, -0.25) is 9.59 Å². The lowest BCUT2D eigenvalue weighted by molar-refractivity contribution is -0.170. The van der Waals surface area contributed by atoms with Crippen molar-refractivity contribution in [1.82, 2.24) is 4.57 Å². The van der Waals surface area contributed by atoms with Crippen molar-refractivity contribution in [2.75, 3.05) is 0 Å². The normalized spacial score (nSPS) is 11.3. The van der Waals surface area contributed by atoms with E-state index in [2.05, 4.69) is 6.58 Å². The zero-order valence-electron chi connectivity index (χ0n) is 18.6. The number of halogens is 3. The van der Waals surface area contributed by atoms with Crippen molar-refractivity contribution in [3.8, 4) is 5.69 Å². The van der Waals surface area contributed by atoms with Gasteiger partial charge in [0, 0.05) is 27.9 Å². The number of ketones is 2. The molecule has 168 valence electrons. The molecule has 0 aliphatic rings. The molecule has 32 heavy (non-hydrogen) atoms. The number of fused-ring (bicyclic) bond motifs is 1. The monoisotopic (exact) mass is 441 g/mol. The highest BCUT2D eigenvalue weighted by Gasteiger charge is 2.39. The Hall–Kier alpha value is -3.41. The first kappa shape index (κ1) is 24.9. The minimum absolute atomic E-state index is 0.0646. The van der Waals surface area contributed by atoms with E-state index in [0.29, 0.717) is 5.39 Å². The van der Waals surface area contributed by atoms with Crippen LogP contribution in [0.25, 0.3) is 22.7 Å². The zero-order chi connectivity index (χ0) is 24.1. The molecule has 0 radical (unpaired) electrons. The summed E-state index contributed by atoms with van der Waals surface area (Å²) in [7, 11) is 0. The van der Waals surface area contributed by atoms with Gasteiger partial charge in [-0.25, -0.2) is 0 Å². The molecule has 0 atom stereocenters. The van der Waals surface area contributed by atoms with Gasteiger partial charge in [-0.05, 0) is 49.7 Å². The molecule has 1 heterocycles. The number of aromatic nitrogens is 1. The molecule has 0 saturated heterocycles. The molecule has 0 N–H and O–H groups in total. The first-order valence-electron chi connectivity index (χ1n) is 10.3. The van der Waals surface area contributed by atoms with Gasteiger partial charge in [-0.2, -0.15) is 13.2 Å². The number of aryl methyl sites for hydroxylation is 1. The van der Waals surface area contributed by atoms with E-state index in [1.54, 1.807) is 24.3 Å². The molecule has 3 rings (SSSR count). The number of carbonyl (C=O) groups excluding carboxylic acids is 2. The first-order valence-corrected chi connectivity index (χ1v) is 10.3. The topological polar surface area (TPSA) is 39.1 Å². The molecule has 6 heteroatoms. The van der Waals surface area contributed by atoms with Crippen molar-refractivity contribution in [3.05, 3.63) is 83.6 Å². The fraction of sp³-hybridized carbons (Fsp3) is 0.231. The highest BCUT2D eigenvalue weighted by molar-refractivity contribution is 6.11. The third-order valence-electron chi connectivity index (χ3n) is 4.87. The number of hydrogen-bond acceptors (Lipinski definition) is 2. The van der Waals surface area contributed by atoms with Crippen LogP contribution in [0.15, 0.2) is 61.2 Å². The van der Waals surface area contributed by atoms with Crippen LogP contribution in [0.2, 0.25) is 0 Å². The van der Waals surface area contributed by atoms with Gasteiger partial charge in [-0.15, -0.1) is 0 Å². The fourth-order valence-electron chi connectivity index (χ4n) is 3.44. The number of benzene rings is 2. The van der Waals surface area contributed by atoms with Crippen LogP contribution in [-0.2, 0) is 4.79 Å². The molecule has 0 fully saturated rings. The highest BCUT2D eigenvalue weighted by Crippen LogP contribution is 2.32. The summed E-state index contributed by atoms with van der Waals surface area (Å²) in [6, 6.07) is 12.6. The largest absolute Gasteiger partial charge is 0.450 e. The Balaban J connectivity index is 0.00000176. The molecule has 2 aromatic carbocycles. The molecule has 0 spiro atoms. The first-order chi connectivity index (χ1) is 15.1. The number of allylic oxidation sites excluding steroid dienone is 2. The van der Waals surface area contributed by atoms with Crippen molar-refractivity contribution < 1.29 is 22.8 Å². The summed E-state index contributed by atoms with van der Waals surface area (Å²) in [5.74, 6) is -2.91. The summed E-state index contributed by atoms with van der Waals surface area (Å²) >= 11 is 0. The summed E-state index contributed by atoms with van der Waals surface area (Å²) in [6.07, 6.45) is -1.02. The average molecular weight is 441 g/mol. The van der Waals surface area contributed by atoms with Crippen LogP contribution < -0.4 is 0 Å². The third-order valence-corrected chi connectivity index (χ3v) is 4.87. The predicted molar refractivity (Wildman–Crippen MR) is 123 cm³/mol. The smallest absolute Gasteiger partial charge is 0.313 e. The zero-order valence-corrected chi connectivity index (χ0v) is 18.6. The summed E-state index contributed by atoms with van der Waals surface area (Å²) in [4.78, 5) is 23.5. The Kier molecular flexibility index (Phi) is 7.97. The maximum atomic E-state index is 12.5. The van der Waals surface area contributed by atoms with Crippen LogP contribution >= 0.6 is 0 Å². The van der Waals surface area contributed by atoms with Gasteiger partial charge >= 0.3 is 6.18 Å². The number of hydrogen-bond donors (Lipinski definition) is 0. The molecule has 0 amide bonds. The van der Waals surface area contributed by atoms with E-state index in [4.69, 9.17) is 0 Å². The van der Waals surface area contributed by atoms with Crippen LogP contribution in [-0.4, -0.2) is 22.3 Å². The lowest BCUT2D eigenvalue weighted by Gasteiger charge is -2.10. The maximum Gasteiger partial charge on any atom is 0.450 e. The number of alkyl halides is 3. The molecular formula is C26H26F3NO2. The van der Waals surface area contributed by atoms with E-state index >= 15 is 0 Å². The van der Waals surface area contributed by atoms with Gasteiger partial charge in [0.05, 0.1) is 11.9 Å². The third kappa shape index (κ3) is 5.25. The minimum atomic E-state index is -5.03. The van der Waals surface area contributed by atoms with Gasteiger partial charge in [0.1, 0.15) is 0 Å². The minimum Gasteiger partial charge on any atom is -0.313 e. The summed E-state index contributed by atoms with van der Waals surface area (Å²) < 4.78 is 39.6. The second-order valence-electron chi connectivity index (χ2n) is 7.02. The number of Topliss-reactive ketones (excluding diaryl/α,β-unsaturated/α-hetero) is 2. The van der Waals surface area contributed by atoms with Crippen molar-refractivity contribution >= 4 is 28.5 Å². The van der Waals surface area contributed by atoms with Crippen molar-refractivity contribution in [2.45, 2.75) is 40.3 Å². The van der Waals surface area contributed by atoms with Crippen LogP contribution in [0.4, 0.5) is 13.2 Å². The Morgan fingerprint density at radius 1 is 1.06 bits per heavy atom. The summed E-state index contributed by atoms with van der Waals surface area (Å²) in [5.41, 5.74) is 4.61. The van der Waals surface area contributed by atoms with Crippen molar-refractivity contribution in [3.63, 3.8) is 0 Å². The van der Waals surface area contributed by atoms with Crippen LogP contribution in [0.1, 0.15) is 47.4 Å². The van der Waals surface area contributed by atoms with Crippen LogP contribution in [0, 0.1) is 13.8 Å². The van der Waals surface area contributed by atoms with Gasteiger partial charge in [0.15, 0.2) is 5.78 Å². The van der Waals surface area contributed by atoms with Gasteiger partial charge in [-0.1, -0.05) is 50.8 Å². The van der Waals surface area contributed by atoms with Crippen molar-refractivity contribution in [1.29, 1.82) is 0 Å². The second-order valence-corrected chi connectivity index (χ2v) is 7.02. The molecular weight excluding hydrogens is 415 g/mol. The molecule has 0 saturated carbocycles. The van der Waals surface area contributed by atoms with Gasteiger partial charge < -0.3 is 4.57 Å². The molecule has 0 unspecified atom stereocenters. The average Bonchev–Trinajstić information content (AvgIpc) is 3.03. The molecule has 3 aromatic rings. The quantitative estimate of drug-likeness (QED) is 0.231. The van der Waals surface area contributed by atoms with E-state index < -0.39 is 24.2 Å². The summed E-state index contributed by atoms with van der Waals surface area (Å²) in [6.45, 7) is 11.6. The van der Waals surface area contributed by atoms with E-state index in [-0.39, 0.29) is 5.56 Å². The second kappa shape index (κ2) is 10.3. The number of carbonyl (C=O) groups is 2. The van der Waals surface area contributed by atoms with Crippen LogP contribution in [0.5, 0.6) is 0 Å². The highest BCUT2D eigenvalue weighted by atomic mass is 19.4. The lowest BCUT2D eigenvalue weighted by atomic mass is 10.0. The molecule has 3 nitrogen and oxygen atoms in total. The molecule has 1 aromatic heterocycles. The Labute approximate surface area is 185 Å².